The molecule has 1 aliphatic heterocycles. The molecule has 0 spiro atoms. The zero-order valence-electron chi connectivity index (χ0n) is 14.2. The van der Waals surface area contributed by atoms with Crippen molar-refractivity contribution in [3.8, 4) is 0 Å². The van der Waals surface area contributed by atoms with Gasteiger partial charge in [-0.25, -0.2) is 4.79 Å². The quantitative estimate of drug-likeness (QED) is 0.361. The molecule has 1 heterocycles. The number of hydrogen-bond acceptors (Lipinski definition) is 4. The van der Waals surface area contributed by atoms with Crippen LogP contribution < -0.4 is 0 Å². The molecule has 1 rings (SSSR count). The first-order valence-electron chi connectivity index (χ1n) is 8.28. The fourth-order valence-electron chi connectivity index (χ4n) is 2.71. The molecule has 0 aromatic rings. The van der Waals surface area contributed by atoms with Crippen molar-refractivity contribution in [2.75, 3.05) is 33.7 Å². The van der Waals surface area contributed by atoms with Gasteiger partial charge in [0.15, 0.2) is 0 Å². The van der Waals surface area contributed by atoms with Crippen LogP contribution in [-0.2, 0) is 4.79 Å². The third-order valence-corrected chi connectivity index (χ3v) is 3.97. The van der Waals surface area contributed by atoms with Crippen LogP contribution in [0.1, 0.15) is 45.4 Å². The lowest BCUT2D eigenvalue weighted by molar-refractivity contribution is -0.128. The van der Waals surface area contributed by atoms with E-state index in [1.165, 1.54) is 11.1 Å². The average Bonchev–Trinajstić information content (AvgIpc) is 2.69. The van der Waals surface area contributed by atoms with E-state index in [2.05, 4.69) is 11.8 Å². The van der Waals surface area contributed by atoms with Gasteiger partial charge in [-0.3, -0.25) is 9.69 Å². The topological polar surface area (TPSA) is 67.7 Å². The van der Waals surface area contributed by atoms with Gasteiger partial charge in [0.1, 0.15) is 6.04 Å². The predicted octanol–water partition coefficient (Wildman–Crippen LogP) is 2.19. The molecule has 1 atom stereocenters. The Bertz CT molecular complexity index is 384. The summed E-state index contributed by atoms with van der Waals surface area (Å²) in [7, 11) is 4.03. The van der Waals surface area contributed by atoms with E-state index < -0.39 is 0 Å². The van der Waals surface area contributed by atoms with Crippen LogP contribution in [0.2, 0.25) is 0 Å². The summed E-state index contributed by atoms with van der Waals surface area (Å²) < 4.78 is 0. The Hall–Kier alpha value is -1.43. The van der Waals surface area contributed by atoms with Crippen LogP contribution in [0.25, 0.3) is 0 Å². The largest absolute Gasteiger partial charge is 0.327 e. The minimum Gasteiger partial charge on any atom is -0.313 e. The van der Waals surface area contributed by atoms with E-state index in [1.807, 2.05) is 14.1 Å². The van der Waals surface area contributed by atoms with Gasteiger partial charge in [0.2, 0.25) is 0 Å². The van der Waals surface area contributed by atoms with Crippen molar-refractivity contribution in [1.82, 2.24) is 14.7 Å². The molecule has 0 radical (unpaired) electrons. The number of amides is 3. The molecule has 1 aliphatic rings. The van der Waals surface area contributed by atoms with Crippen molar-refractivity contribution < 1.29 is 9.59 Å². The van der Waals surface area contributed by atoms with E-state index in [-0.39, 0.29) is 18.0 Å². The summed E-state index contributed by atoms with van der Waals surface area (Å²) in [6.07, 6.45) is 6.19. The molecule has 1 unspecified atom stereocenters. The van der Waals surface area contributed by atoms with Gasteiger partial charge in [0.25, 0.3) is 5.91 Å². The van der Waals surface area contributed by atoms with Crippen molar-refractivity contribution in [3.05, 3.63) is 0 Å². The molecule has 0 aromatic carbocycles. The zero-order chi connectivity index (χ0) is 16.5. The number of carbonyl (C=O) groups excluding carboxylic acids is 2. The Balaban J connectivity index is 2.68. The summed E-state index contributed by atoms with van der Waals surface area (Å²) in [5, 5.41) is 7.05. The lowest BCUT2D eigenvalue weighted by Crippen LogP contribution is -2.36. The van der Waals surface area contributed by atoms with Crippen molar-refractivity contribution in [3.63, 3.8) is 0 Å². The SMILES string of the molecule is CCCCN1C(=O)N(CCCC=N)C(=O)C1CCCN(C)C. The summed E-state index contributed by atoms with van der Waals surface area (Å²) in [5.41, 5.74) is 0. The molecule has 1 fully saturated rings. The van der Waals surface area contributed by atoms with Crippen LogP contribution in [0.3, 0.4) is 0 Å². The predicted molar refractivity (Wildman–Crippen MR) is 88.3 cm³/mol. The van der Waals surface area contributed by atoms with Gasteiger partial charge in [-0.15, -0.1) is 0 Å². The summed E-state index contributed by atoms with van der Waals surface area (Å²) in [4.78, 5) is 30.3. The average molecular weight is 310 g/mol. The Morgan fingerprint density at radius 1 is 1.18 bits per heavy atom. The number of unbranched alkanes of at least 4 members (excludes halogenated alkanes) is 2. The molecule has 0 aromatic heterocycles. The van der Waals surface area contributed by atoms with E-state index >= 15 is 0 Å². The minimum atomic E-state index is -0.293. The fraction of sp³-hybridized carbons (Fsp3) is 0.812. The molecular weight excluding hydrogens is 280 g/mol. The number of urea groups is 1. The highest BCUT2D eigenvalue weighted by Crippen LogP contribution is 2.22. The van der Waals surface area contributed by atoms with Crippen LogP contribution in [-0.4, -0.2) is 72.6 Å². The fourth-order valence-corrected chi connectivity index (χ4v) is 2.71. The van der Waals surface area contributed by atoms with Crippen molar-refractivity contribution in [2.45, 2.75) is 51.5 Å². The number of nitrogens with one attached hydrogen (secondary N) is 1. The lowest BCUT2D eigenvalue weighted by Gasteiger charge is -2.22. The summed E-state index contributed by atoms with van der Waals surface area (Å²) in [6, 6.07) is -0.433. The maximum absolute atomic E-state index is 12.6. The number of imide groups is 1. The highest BCUT2D eigenvalue weighted by atomic mass is 16.2. The summed E-state index contributed by atoms with van der Waals surface area (Å²) in [6.45, 7) is 4.10. The molecule has 6 heteroatoms. The van der Waals surface area contributed by atoms with Crippen LogP contribution in [0.15, 0.2) is 0 Å². The van der Waals surface area contributed by atoms with Crippen molar-refractivity contribution >= 4 is 18.2 Å². The summed E-state index contributed by atoms with van der Waals surface area (Å²) in [5.74, 6) is -0.0511. The second kappa shape index (κ2) is 9.56. The highest BCUT2D eigenvalue weighted by Gasteiger charge is 2.43. The maximum atomic E-state index is 12.6. The zero-order valence-corrected chi connectivity index (χ0v) is 14.2. The van der Waals surface area contributed by atoms with Crippen LogP contribution in [0.4, 0.5) is 4.79 Å². The van der Waals surface area contributed by atoms with Gasteiger partial charge >= 0.3 is 6.03 Å². The standard InChI is InChI=1S/C16H30N4O2/c1-4-5-12-19-14(9-8-11-18(2)3)15(21)20(16(19)22)13-7-6-10-17/h10,14,17H,4-9,11-13H2,1-3H3. The number of hydrogen-bond donors (Lipinski definition) is 1. The Morgan fingerprint density at radius 3 is 2.50 bits per heavy atom. The Morgan fingerprint density at radius 2 is 1.91 bits per heavy atom. The molecule has 22 heavy (non-hydrogen) atoms. The normalized spacial score (nSPS) is 18.6. The monoisotopic (exact) mass is 310 g/mol. The van der Waals surface area contributed by atoms with E-state index in [9.17, 15) is 9.59 Å². The smallest absolute Gasteiger partial charge is 0.313 e. The first-order valence-corrected chi connectivity index (χ1v) is 8.28. The van der Waals surface area contributed by atoms with E-state index in [0.29, 0.717) is 25.9 Å². The van der Waals surface area contributed by atoms with Crippen LogP contribution in [0.5, 0.6) is 0 Å². The lowest BCUT2D eigenvalue weighted by atomic mass is 10.1. The van der Waals surface area contributed by atoms with Gasteiger partial charge in [-0.2, -0.15) is 0 Å². The van der Waals surface area contributed by atoms with Gasteiger partial charge in [-0.1, -0.05) is 13.3 Å². The van der Waals surface area contributed by atoms with Gasteiger partial charge < -0.3 is 15.2 Å². The minimum absolute atomic E-state index is 0.0511. The first kappa shape index (κ1) is 18.6. The van der Waals surface area contributed by atoms with E-state index in [0.717, 1.165) is 32.2 Å². The molecule has 3 amide bonds. The summed E-state index contributed by atoms with van der Waals surface area (Å²) >= 11 is 0. The molecule has 0 saturated carbocycles. The van der Waals surface area contributed by atoms with E-state index in [4.69, 9.17) is 5.41 Å². The Kier molecular flexibility index (Phi) is 8.09. The van der Waals surface area contributed by atoms with Gasteiger partial charge in [0.05, 0.1) is 0 Å². The number of rotatable bonds is 11. The molecular formula is C16H30N4O2. The van der Waals surface area contributed by atoms with Gasteiger partial charge in [0, 0.05) is 13.1 Å². The molecule has 6 nitrogen and oxygen atoms in total. The van der Waals surface area contributed by atoms with Crippen LogP contribution >= 0.6 is 0 Å². The number of nitrogens with zero attached hydrogens (tertiary/aromatic N) is 3. The van der Waals surface area contributed by atoms with Crippen LogP contribution in [0, 0.1) is 5.41 Å². The maximum Gasteiger partial charge on any atom is 0.327 e. The van der Waals surface area contributed by atoms with Gasteiger partial charge in [-0.05, 0) is 59.0 Å². The third kappa shape index (κ3) is 5.09. The molecule has 1 N–H and O–H groups in total. The molecule has 126 valence electrons. The van der Waals surface area contributed by atoms with E-state index in [1.54, 1.807) is 4.90 Å². The second-order valence-electron chi connectivity index (χ2n) is 6.13. The van der Waals surface area contributed by atoms with Crippen molar-refractivity contribution in [1.29, 1.82) is 5.41 Å². The Labute approximate surface area is 133 Å². The highest BCUT2D eigenvalue weighted by molar-refractivity contribution is 6.04. The molecule has 1 saturated heterocycles. The second-order valence-corrected chi connectivity index (χ2v) is 6.13. The molecule has 0 aliphatic carbocycles. The first-order chi connectivity index (χ1) is 10.5. The molecule has 0 bridgehead atoms. The third-order valence-electron chi connectivity index (χ3n) is 3.97. The van der Waals surface area contributed by atoms with Crippen molar-refractivity contribution in [2.24, 2.45) is 0 Å². The number of carbonyl (C=O) groups is 2.